The van der Waals surface area contributed by atoms with Crippen LogP contribution in [0, 0.1) is 0 Å². The van der Waals surface area contributed by atoms with Crippen molar-refractivity contribution in [2.24, 2.45) is 0 Å². The molecule has 1 N–H and O–H groups in total. The van der Waals surface area contributed by atoms with Crippen LogP contribution < -0.4 is 10.2 Å². The molecule has 4 rings (SSSR count). The standard InChI is InChI=1S/C21H13ClN2O3/c22-14-4-3-5-15(12-14)23-19(25)13-8-10-16(11-9-13)24-20(26)17-6-1-2-7-18(17)21(24)27/h1-12H,(H,23,25). The highest BCUT2D eigenvalue weighted by Gasteiger charge is 2.36. The van der Waals surface area contributed by atoms with Gasteiger partial charge in [0.1, 0.15) is 0 Å². The topological polar surface area (TPSA) is 66.5 Å². The average Bonchev–Trinajstić information content (AvgIpc) is 2.93. The second kappa shape index (κ2) is 6.70. The summed E-state index contributed by atoms with van der Waals surface area (Å²) >= 11 is 5.91. The minimum Gasteiger partial charge on any atom is -0.322 e. The minimum absolute atomic E-state index is 0.314. The van der Waals surface area contributed by atoms with Crippen LogP contribution in [0.2, 0.25) is 5.02 Å². The van der Waals surface area contributed by atoms with E-state index in [9.17, 15) is 14.4 Å². The molecule has 0 fully saturated rings. The number of nitrogens with one attached hydrogen (secondary N) is 1. The van der Waals surface area contributed by atoms with Crippen LogP contribution in [0.4, 0.5) is 11.4 Å². The van der Waals surface area contributed by atoms with Gasteiger partial charge in [-0.1, -0.05) is 29.8 Å². The fraction of sp³-hybridized carbons (Fsp3) is 0. The molecule has 0 atom stereocenters. The number of hydrogen-bond donors (Lipinski definition) is 1. The van der Waals surface area contributed by atoms with Crippen LogP contribution in [-0.2, 0) is 0 Å². The number of carbonyl (C=O) groups excluding carboxylic acids is 3. The van der Waals surface area contributed by atoms with Gasteiger partial charge in [0, 0.05) is 16.3 Å². The molecule has 0 radical (unpaired) electrons. The van der Waals surface area contributed by atoms with E-state index >= 15 is 0 Å². The number of rotatable bonds is 3. The van der Waals surface area contributed by atoms with Gasteiger partial charge in [-0.05, 0) is 54.6 Å². The van der Waals surface area contributed by atoms with E-state index in [1.165, 1.54) is 0 Å². The van der Waals surface area contributed by atoms with Crippen LogP contribution in [0.5, 0.6) is 0 Å². The number of imide groups is 1. The van der Waals surface area contributed by atoms with Crippen molar-refractivity contribution in [2.75, 3.05) is 10.2 Å². The molecule has 0 saturated heterocycles. The predicted octanol–water partition coefficient (Wildman–Crippen LogP) is 4.39. The maximum Gasteiger partial charge on any atom is 0.266 e. The van der Waals surface area contributed by atoms with Crippen molar-refractivity contribution in [3.63, 3.8) is 0 Å². The zero-order chi connectivity index (χ0) is 19.0. The minimum atomic E-state index is -0.369. The first-order valence-corrected chi connectivity index (χ1v) is 8.57. The number of carbonyl (C=O) groups is 3. The van der Waals surface area contributed by atoms with E-state index in [1.54, 1.807) is 72.8 Å². The van der Waals surface area contributed by atoms with Crippen LogP contribution in [0.1, 0.15) is 31.1 Å². The maximum absolute atomic E-state index is 12.5. The van der Waals surface area contributed by atoms with E-state index in [-0.39, 0.29) is 17.7 Å². The fourth-order valence-corrected chi connectivity index (χ4v) is 3.15. The zero-order valence-electron chi connectivity index (χ0n) is 14.0. The Kier molecular flexibility index (Phi) is 4.22. The lowest BCUT2D eigenvalue weighted by Gasteiger charge is -2.14. The van der Waals surface area contributed by atoms with Crippen molar-refractivity contribution in [3.8, 4) is 0 Å². The molecule has 1 aliphatic heterocycles. The lowest BCUT2D eigenvalue weighted by atomic mass is 10.1. The highest BCUT2D eigenvalue weighted by Crippen LogP contribution is 2.28. The lowest BCUT2D eigenvalue weighted by molar-refractivity contribution is 0.0925. The molecule has 5 nitrogen and oxygen atoms in total. The summed E-state index contributed by atoms with van der Waals surface area (Å²) < 4.78 is 0. The van der Waals surface area contributed by atoms with Crippen LogP contribution in [0.3, 0.4) is 0 Å². The molecule has 3 aromatic rings. The quantitative estimate of drug-likeness (QED) is 0.689. The molecular weight excluding hydrogens is 364 g/mol. The first-order valence-electron chi connectivity index (χ1n) is 8.19. The van der Waals surface area contributed by atoms with Gasteiger partial charge in [0.2, 0.25) is 0 Å². The number of amides is 3. The summed E-state index contributed by atoms with van der Waals surface area (Å²) in [5.41, 5.74) is 2.16. The van der Waals surface area contributed by atoms with Crippen molar-refractivity contribution in [3.05, 3.63) is 94.5 Å². The lowest BCUT2D eigenvalue weighted by Crippen LogP contribution is -2.29. The largest absolute Gasteiger partial charge is 0.322 e. The summed E-state index contributed by atoms with van der Waals surface area (Å²) in [7, 11) is 0. The van der Waals surface area contributed by atoms with Crippen molar-refractivity contribution in [1.29, 1.82) is 0 Å². The molecule has 0 aliphatic carbocycles. The Bertz CT molecular complexity index is 1040. The molecule has 1 heterocycles. The Balaban J connectivity index is 1.55. The molecule has 0 bridgehead atoms. The van der Waals surface area contributed by atoms with E-state index in [0.29, 0.717) is 33.1 Å². The van der Waals surface area contributed by atoms with Gasteiger partial charge in [-0.25, -0.2) is 4.90 Å². The summed E-state index contributed by atoms with van der Waals surface area (Å²) in [5.74, 6) is -1.05. The molecule has 3 aromatic carbocycles. The van der Waals surface area contributed by atoms with Crippen molar-refractivity contribution >= 4 is 40.7 Å². The second-order valence-corrected chi connectivity index (χ2v) is 6.44. The van der Waals surface area contributed by atoms with E-state index in [1.807, 2.05) is 0 Å². The molecule has 0 saturated carbocycles. The summed E-state index contributed by atoms with van der Waals surface area (Å²) in [6.45, 7) is 0. The Labute approximate surface area is 160 Å². The Morgan fingerprint density at radius 3 is 2.04 bits per heavy atom. The van der Waals surface area contributed by atoms with Gasteiger partial charge in [0.25, 0.3) is 17.7 Å². The molecule has 6 heteroatoms. The van der Waals surface area contributed by atoms with E-state index in [0.717, 1.165) is 4.90 Å². The summed E-state index contributed by atoms with van der Waals surface area (Å²) in [6.07, 6.45) is 0. The molecule has 0 aromatic heterocycles. The summed E-state index contributed by atoms with van der Waals surface area (Å²) in [6, 6.07) is 19.8. The molecular formula is C21H13ClN2O3. The number of nitrogens with zero attached hydrogens (tertiary/aromatic N) is 1. The number of anilines is 2. The summed E-state index contributed by atoms with van der Waals surface area (Å²) in [4.78, 5) is 38.5. The van der Waals surface area contributed by atoms with Gasteiger partial charge in [-0.3, -0.25) is 14.4 Å². The van der Waals surface area contributed by atoms with Gasteiger partial charge in [0.15, 0.2) is 0 Å². The fourth-order valence-electron chi connectivity index (χ4n) is 2.96. The van der Waals surface area contributed by atoms with Crippen LogP contribution in [-0.4, -0.2) is 17.7 Å². The molecule has 0 spiro atoms. The molecule has 0 unspecified atom stereocenters. The van der Waals surface area contributed by atoms with Crippen LogP contribution in [0.25, 0.3) is 0 Å². The van der Waals surface area contributed by atoms with Gasteiger partial charge in [0.05, 0.1) is 16.8 Å². The number of benzene rings is 3. The molecule has 27 heavy (non-hydrogen) atoms. The van der Waals surface area contributed by atoms with Crippen LogP contribution >= 0.6 is 11.6 Å². The third-order valence-corrected chi connectivity index (χ3v) is 4.50. The number of halogens is 1. The van der Waals surface area contributed by atoms with E-state index in [4.69, 9.17) is 11.6 Å². The van der Waals surface area contributed by atoms with Gasteiger partial charge in [-0.15, -0.1) is 0 Å². The zero-order valence-corrected chi connectivity index (χ0v) is 14.7. The second-order valence-electron chi connectivity index (χ2n) is 6.00. The van der Waals surface area contributed by atoms with Crippen molar-refractivity contribution in [2.45, 2.75) is 0 Å². The smallest absolute Gasteiger partial charge is 0.266 e. The first kappa shape index (κ1) is 17.0. The maximum atomic E-state index is 12.5. The van der Waals surface area contributed by atoms with Gasteiger partial charge < -0.3 is 5.32 Å². The number of hydrogen-bond acceptors (Lipinski definition) is 3. The third kappa shape index (κ3) is 3.09. The monoisotopic (exact) mass is 376 g/mol. The highest BCUT2D eigenvalue weighted by atomic mass is 35.5. The predicted molar refractivity (Wildman–Crippen MR) is 103 cm³/mol. The van der Waals surface area contributed by atoms with E-state index < -0.39 is 0 Å². The van der Waals surface area contributed by atoms with Crippen molar-refractivity contribution < 1.29 is 14.4 Å². The van der Waals surface area contributed by atoms with Gasteiger partial charge in [-0.2, -0.15) is 0 Å². The average molecular weight is 377 g/mol. The molecule has 3 amide bonds. The first-order chi connectivity index (χ1) is 13.0. The Morgan fingerprint density at radius 1 is 0.815 bits per heavy atom. The molecule has 132 valence electrons. The van der Waals surface area contributed by atoms with Crippen LogP contribution in [0.15, 0.2) is 72.8 Å². The normalized spacial score (nSPS) is 12.9. The highest BCUT2D eigenvalue weighted by molar-refractivity contribution is 6.34. The van der Waals surface area contributed by atoms with Gasteiger partial charge >= 0.3 is 0 Å². The summed E-state index contributed by atoms with van der Waals surface area (Å²) in [5, 5.41) is 3.27. The SMILES string of the molecule is O=C(Nc1cccc(Cl)c1)c1ccc(N2C(=O)c3ccccc3C2=O)cc1. The third-order valence-electron chi connectivity index (χ3n) is 4.26. The van der Waals surface area contributed by atoms with E-state index in [2.05, 4.69) is 5.32 Å². The molecule has 1 aliphatic rings. The van der Waals surface area contributed by atoms with Crippen molar-refractivity contribution in [1.82, 2.24) is 0 Å². The Morgan fingerprint density at radius 2 is 1.44 bits per heavy atom. The number of fused-ring (bicyclic) bond motifs is 1. The Hall–Kier alpha value is -3.44.